The van der Waals surface area contributed by atoms with Gasteiger partial charge in [-0.05, 0) is 30.7 Å². The van der Waals surface area contributed by atoms with Crippen molar-refractivity contribution in [3.8, 4) is 6.07 Å². The number of nitrogens with zero attached hydrogens (tertiary/aromatic N) is 2. The molecule has 78 valence electrons. The van der Waals surface area contributed by atoms with Gasteiger partial charge in [-0.1, -0.05) is 6.58 Å². The summed E-state index contributed by atoms with van der Waals surface area (Å²) in [5.74, 6) is 0. The molecule has 1 aliphatic rings. The molecule has 0 atom stereocenters. The average Bonchev–Trinajstić information content (AvgIpc) is 2.30. The smallest absolute Gasteiger partial charge is 0.101 e. The van der Waals surface area contributed by atoms with Crippen molar-refractivity contribution in [1.82, 2.24) is 10.3 Å². The molecule has 2 rings (SSSR count). The normalized spacial score (nSPS) is 15.2. The number of nitriles is 1. The minimum absolute atomic E-state index is 0.567. The van der Waals surface area contributed by atoms with Crippen LogP contribution in [-0.2, 0) is 0 Å². The predicted molar refractivity (Wildman–Crippen MR) is 62.8 cm³/mol. The summed E-state index contributed by atoms with van der Waals surface area (Å²) < 4.78 is 0. The van der Waals surface area contributed by atoms with Gasteiger partial charge in [-0.25, -0.2) is 0 Å². The minimum Gasteiger partial charge on any atom is -0.358 e. The van der Waals surface area contributed by atoms with Gasteiger partial charge in [0.05, 0.1) is 5.57 Å². The van der Waals surface area contributed by atoms with Gasteiger partial charge in [-0.3, -0.25) is 4.98 Å². The largest absolute Gasteiger partial charge is 0.358 e. The molecule has 0 radical (unpaired) electrons. The molecule has 0 saturated heterocycles. The van der Waals surface area contributed by atoms with Crippen LogP contribution in [0.3, 0.4) is 0 Å². The van der Waals surface area contributed by atoms with Crippen molar-refractivity contribution in [2.75, 3.05) is 0 Å². The molecule has 0 amide bonds. The quantitative estimate of drug-likeness (QED) is 0.772. The molecular weight excluding hydrogens is 198 g/mol. The van der Waals surface area contributed by atoms with Crippen molar-refractivity contribution < 1.29 is 0 Å². The lowest BCUT2D eigenvalue weighted by atomic mass is 9.98. The number of dihydropyridines is 1. The SMILES string of the molecule is C=C1NC(C)=C(c2ccncc2)C=C1C#N. The minimum atomic E-state index is 0.567. The van der Waals surface area contributed by atoms with Crippen LogP contribution in [0.1, 0.15) is 12.5 Å². The van der Waals surface area contributed by atoms with Crippen LogP contribution in [0.2, 0.25) is 0 Å². The van der Waals surface area contributed by atoms with Gasteiger partial charge < -0.3 is 5.32 Å². The summed E-state index contributed by atoms with van der Waals surface area (Å²) in [6.07, 6.45) is 5.32. The summed E-state index contributed by atoms with van der Waals surface area (Å²) in [6, 6.07) is 5.96. The molecule has 0 spiro atoms. The Balaban J connectivity index is 2.51. The third-order valence-electron chi connectivity index (χ3n) is 2.47. The van der Waals surface area contributed by atoms with E-state index in [1.54, 1.807) is 12.4 Å². The lowest BCUT2D eigenvalue weighted by molar-refractivity contribution is 0.985. The summed E-state index contributed by atoms with van der Waals surface area (Å²) >= 11 is 0. The van der Waals surface area contributed by atoms with Crippen molar-refractivity contribution in [2.45, 2.75) is 6.92 Å². The van der Waals surface area contributed by atoms with E-state index >= 15 is 0 Å². The molecule has 3 nitrogen and oxygen atoms in total. The van der Waals surface area contributed by atoms with Crippen LogP contribution in [0, 0.1) is 11.3 Å². The second-order valence-electron chi connectivity index (χ2n) is 3.55. The monoisotopic (exact) mass is 209 g/mol. The molecule has 0 saturated carbocycles. The molecule has 0 aliphatic carbocycles. The Kier molecular flexibility index (Phi) is 2.57. The van der Waals surface area contributed by atoms with Crippen LogP contribution < -0.4 is 5.32 Å². The first-order chi connectivity index (χ1) is 7.72. The van der Waals surface area contributed by atoms with Crippen molar-refractivity contribution >= 4 is 5.57 Å². The Morgan fingerprint density at radius 1 is 1.38 bits per heavy atom. The zero-order valence-electron chi connectivity index (χ0n) is 8.99. The van der Waals surface area contributed by atoms with Gasteiger partial charge in [0.15, 0.2) is 0 Å². The highest BCUT2D eigenvalue weighted by atomic mass is 14.9. The van der Waals surface area contributed by atoms with E-state index < -0.39 is 0 Å². The molecule has 0 bridgehead atoms. The fourth-order valence-corrected chi connectivity index (χ4v) is 1.63. The van der Waals surface area contributed by atoms with E-state index in [0.717, 1.165) is 16.8 Å². The second-order valence-corrected chi connectivity index (χ2v) is 3.55. The zero-order valence-corrected chi connectivity index (χ0v) is 8.99. The van der Waals surface area contributed by atoms with E-state index in [-0.39, 0.29) is 0 Å². The molecule has 0 aromatic carbocycles. The second kappa shape index (κ2) is 4.03. The van der Waals surface area contributed by atoms with Crippen LogP contribution in [0.25, 0.3) is 5.57 Å². The molecule has 0 unspecified atom stereocenters. The van der Waals surface area contributed by atoms with Crippen LogP contribution in [0.4, 0.5) is 0 Å². The van der Waals surface area contributed by atoms with E-state index in [2.05, 4.69) is 22.9 Å². The van der Waals surface area contributed by atoms with E-state index in [1.807, 2.05) is 25.1 Å². The fourth-order valence-electron chi connectivity index (χ4n) is 1.63. The Hall–Kier alpha value is -2.34. The summed E-state index contributed by atoms with van der Waals surface area (Å²) in [5.41, 5.74) is 4.26. The molecule has 16 heavy (non-hydrogen) atoms. The third kappa shape index (κ3) is 1.73. The maximum Gasteiger partial charge on any atom is 0.101 e. The number of hydrogen-bond donors (Lipinski definition) is 1. The topological polar surface area (TPSA) is 48.7 Å². The van der Waals surface area contributed by atoms with Gasteiger partial charge >= 0.3 is 0 Å². The van der Waals surface area contributed by atoms with Gasteiger partial charge in [-0.15, -0.1) is 0 Å². The number of nitrogens with one attached hydrogen (secondary N) is 1. The van der Waals surface area contributed by atoms with Crippen molar-refractivity contribution in [1.29, 1.82) is 5.26 Å². The lowest BCUT2D eigenvalue weighted by Gasteiger charge is -2.18. The number of allylic oxidation sites excluding steroid dienone is 4. The molecule has 0 fully saturated rings. The molecule has 1 aromatic heterocycles. The maximum absolute atomic E-state index is 8.96. The molecule has 1 aromatic rings. The van der Waals surface area contributed by atoms with E-state index in [4.69, 9.17) is 5.26 Å². The van der Waals surface area contributed by atoms with Crippen molar-refractivity contribution in [2.24, 2.45) is 0 Å². The highest BCUT2D eigenvalue weighted by Gasteiger charge is 2.13. The van der Waals surface area contributed by atoms with Crippen LogP contribution in [-0.4, -0.2) is 4.98 Å². The van der Waals surface area contributed by atoms with Crippen LogP contribution in [0.15, 0.2) is 54.1 Å². The van der Waals surface area contributed by atoms with Gasteiger partial charge in [0.2, 0.25) is 0 Å². The maximum atomic E-state index is 8.96. The first-order valence-electron chi connectivity index (χ1n) is 4.91. The van der Waals surface area contributed by atoms with E-state index in [9.17, 15) is 0 Å². The Bertz CT molecular complexity index is 530. The fraction of sp³-hybridized carbons (Fsp3) is 0.0769. The highest BCUT2D eigenvalue weighted by Crippen LogP contribution is 2.26. The molecule has 2 heterocycles. The number of pyridine rings is 1. The van der Waals surface area contributed by atoms with Crippen LogP contribution in [0.5, 0.6) is 0 Å². The predicted octanol–water partition coefficient (Wildman–Crippen LogP) is 2.38. The standard InChI is InChI=1S/C13H11N3/c1-9-12(8-14)7-13(10(2)16-9)11-3-5-15-6-4-11/h3-7,16H,1H2,2H3. The average molecular weight is 209 g/mol. The number of hydrogen-bond acceptors (Lipinski definition) is 3. The van der Waals surface area contributed by atoms with Gasteiger partial charge in [0.25, 0.3) is 0 Å². The van der Waals surface area contributed by atoms with Gasteiger partial charge in [0.1, 0.15) is 6.07 Å². The van der Waals surface area contributed by atoms with Crippen LogP contribution >= 0.6 is 0 Å². The van der Waals surface area contributed by atoms with Crippen molar-refractivity contribution in [3.63, 3.8) is 0 Å². The summed E-state index contributed by atoms with van der Waals surface area (Å²) in [5, 5.41) is 12.1. The van der Waals surface area contributed by atoms with Gasteiger partial charge in [-0.2, -0.15) is 5.26 Å². The highest BCUT2D eigenvalue weighted by molar-refractivity contribution is 5.80. The number of aromatic nitrogens is 1. The Morgan fingerprint density at radius 3 is 2.69 bits per heavy atom. The summed E-state index contributed by atoms with van der Waals surface area (Å²) in [4.78, 5) is 3.97. The summed E-state index contributed by atoms with van der Waals surface area (Å²) in [6.45, 7) is 5.76. The van der Waals surface area contributed by atoms with E-state index in [1.165, 1.54) is 0 Å². The molecule has 1 N–H and O–H groups in total. The van der Waals surface area contributed by atoms with Gasteiger partial charge in [0, 0.05) is 29.4 Å². The Labute approximate surface area is 94.4 Å². The molecule has 3 heteroatoms. The van der Waals surface area contributed by atoms with E-state index in [0.29, 0.717) is 11.3 Å². The number of rotatable bonds is 1. The molecular formula is C13H11N3. The van der Waals surface area contributed by atoms with Crippen molar-refractivity contribution in [3.05, 3.63) is 59.7 Å². The lowest BCUT2D eigenvalue weighted by Crippen LogP contribution is -2.16. The first kappa shape index (κ1) is 10.2. The molecule has 1 aliphatic heterocycles. The third-order valence-corrected chi connectivity index (χ3v) is 2.47. The summed E-state index contributed by atoms with van der Waals surface area (Å²) in [7, 11) is 0. The first-order valence-corrected chi connectivity index (χ1v) is 4.91. The zero-order chi connectivity index (χ0) is 11.5. The Morgan fingerprint density at radius 2 is 2.06 bits per heavy atom.